The van der Waals surface area contributed by atoms with Crippen molar-refractivity contribution in [3.8, 4) is 0 Å². The van der Waals surface area contributed by atoms with Crippen LogP contribution in [0.15, 0.2) is 46.6 Å². The van der Waals surface area contributed by atoms with Gasteiger partial charge in [0, 0.05) is 3.57 Å². The van der Waals surface area contributed by atoms with Gasteiger partial charge in [-0.1, -0.05) is 24.3 Å². The lowest BCUT2D eigenvalue weighted by atomic mass is 10.1. The second-order valence-electron chi connectivity index (χ2n) is 4.40. The predicted molar refractivity (Wildman–Crippen MR) is 84.0 cm³/mol. The summed E-state index contributed by atoms with van der Waals surface area (Å²) in [4.78, 5) is 0. The Hall–Kier alpha value is -1.23. The van der Waals surface area contributed by atoms with Gasteiger partial charge >= 0.3 is 0 Å². The molecule has 3 heteroatoms. The molecule has 0 bridgehead atoms. The molecule has 2 aromatic carbocycles. The second-order valence-corrected chi connectivity index (χ2v) is 5.56. The zero-order valence-electron chi connectivity index (χ0n) is 10.7. The third-order valence-corrected chi connectivity index (χ3v) is 3.59. The van der Waals surface area contributed by atoms with Gasteiger partial charge in [0.05, 0.1) is 5.69 Å². The Kier molecular flexibility index (Phi) is 4.11. The quantitative estimate of drug-likeness (QED) is 0.495. The Morgan fingerprint density at radius 2 is 1.61 bits per heavy atom. The van der Waals surface area contributed by atoms with E-state index in [0.29, 0.717) is 0 Å². The Balaban J connectivity index is 2.38. The molecule has 0 atom stereocenters. The van der Waals surface area contributed by atoms with Gasteiger partial charge in [0.15, 0.2) is 0 Å². The molecule has 2 rings (SSSR count). The van der Waals surface area contributed by atoms with Gasteiger partial charge in [-0.3, -0.25) is 0 Å². The maximum absolute atomic E-state index is 4.39. The summed E-state index contributed by atoms with van der Waals surface area (Å²) in [5.74, 6) is 0. The van der Waals surface area contributed by atoms with Crippen LogP contribution in [0.2, 0.25) is 0 Å². The van der Waals surface area contributed by atoms with Crippen LogP contribution in [-0.4, -0.2) is 0 Å². The molecule has 0 fully saturated rings. The number of aryl methyl sites for hydroxylation is 3. The molecule has 0 unspecified atom stereocenters. The lowest BCUT2D eigenvalue weighted by Gasteiger charge is -2.04. The molecule has 0 radical (unpaired) electrons. The molecule has 0 aliphatic carbocycles. The molecule has 18 heavy (non-hydrogen) atoms. The monoisotopic (exact) mass is 350 g/mol. The van der Waals surface area contributed by atoms with E-state index in [9.17, 15) is 0 Å². The minimum Gasteiger partial charge on any atom is -0.150 e. The van der Waals surface area contributed by atoms with Crippen LogP contribution in [-0.2, 0) is 0 Å². The molecule has 0 saturated carbocycles. The van der Waals surface area contributed by atoms with E-state index in [4.69, 9.17) is 0 Å². The van der Waals surface area contributed by atoms with Crippen LogP contribution >= 0.6 is 22.6 Å². The molecule has 2 nitrogen and oxygen atoms in total. The fourth-order valence-corrected chi connectivity index (χ4v) is 2.84. The molecule has 0 saturated heterocycles. The Bertz CT molecular complexity index is 580. The number of nitrogens with zero attached hydrogens (tertiary/aromatic N) is 2. The third-order valence-electron chi connectivity index (χ3n) is 2.77. The van der Waals surface area contributed by atoms with Crippen molar-refractivity contribution < 1.29 is 0 Å². The average molecular weight is 350 g/mol. The van der Waals surface area contributed by atoms with Crippen molar-refractivity contribution in [2.45, 2.75) is 20.8 Å². The Labute approximate surface area is 121 Å². The zero-order valence-corrected chi connectivity index (χ0v) is 12.9. The second kappa shape index (κ2) is 5.61. The molecular weight excluding hydrogens is 335 g/mol. The first-order valence-corrected chi connectivity index (χ1v) is 6.90. The summed E-state index contributed by atoms with van der Waals surface area (Å²) >= 11 is 2.31. The fourth-order valence-electron chi connectivity index (χ4n) is 1.81. The van der Waals surface area contributed by atoms with Crippen molar-refractivity contribution in [3.05, 3.63) is 56.7 Å². The first-order chi connectivity index (χ1) is 8.58. The van der Waals surface area contributed by atoms with Gasteiger partial charge < -0.3 is 0 Å². The van der Waals surface area contributed by atoms with Gasteiger partial charge in [-0.05, 0) is 72.2 Å². The molecular formula is C15H15IN2. The van der Waals surface area contributed by atoms with Crippen LogP contribution in [0.1, 0.15) is 16.7 Å². The van der Waals surface area contributed by atoms with Gasteiger partial charge in [0.1, 0.15) is 5.69 Å². The van der Waals surface area contributed by atoms with E-state index in [2.05, 4.69) is 58.8 Å². The SMILES string of the molecule is Cc1cc(C)c(N=Nc2ccccc2C)c(I)c1. The molecule has 0 heterocycles. The van der Waals surface area contributed by atoms with Gasteiger partial charge in [-0.25, -0.2) is 0 Å². The highest BCUT2D eigenvalue weighted by molar-refractivity contribution is 14.1. The minimum atomic E-state index is 0.924. The standard InChI is InChI=1S/C15H15IN2/c1-10-8-12(3)15(13(16)9-10)18-17-14-7-5-4-6-11(14)2/h4-9H,1-3H3. The largest absolute Gasteiger partial charge is 0.150 e. The summed E-state index contributed by atoms with van der Waals surface area (Å²) in [6.45, 7) is 6.21. The maximum atomic E-state index is 4.39. The summed E-state index contributed by atoms with van der Waals surface area (Å²) in [5.41, 5.74) is 5.45. The molecule has 0 amide bonds. The number of halogens is 1. The number of azo groups is 1. The number of hydrogen-bond acceptors (Lipinski definition) is 2. The molecule has 0 N–H and O–H groups in total. The van der Waals surface area contributed by atoms with E-state index in [0.717, 1.165) is 26.1 Å². The summed E-state index contributed by atoms with van der Waals surface area (Å²) in [6, 6.07) is 12.3. The van der Waals surface area contributed by atoms with Crippen LogP contribution in [0.4, 0.5) is 11.4 Å². The lowest BCUT2D eigenvalue weighted by Crippen LogP contribution is -1.82. The summed E-state index contributed by atoms with van der Waals surface area (Å²) in [6.07, 6.45) is 0. The smallest absolute Gasteiger partial charge is 0.102 e. The first kappa shape index (κ1) is 13.2. The summed E-state index contributed by atoms with van der Waals surface area (Å²) in [5, 5.41) is 8.74. The number of rotatable bonds is 2. The van der Waals surface area contributed by atoms with Crippen LogP contribution in [0.5, 0.6) is 0 Å². The van der Waals surface area contributed by atoms with E-state index < -0.39 is 0 Å². The van der Waals surface area contributed by atoms with E-state index in [1.165, 1.54) is 5.56 Å². The summed E-state index contributed by atoms with van der Waals surface area (Å²) < 4.78 is 1.14. The molecule has 0 aliphatic heterocycles. The van der Waals surface area contributed by atoms with Gasteiger partial charge in [0.2, 0.25) is 0 Å². The highest BCUT2D eigenvalue weighted by atomic mass is 127. The minimum absolute atomic E-state index is 0.924. The van der Waals surface area contributed by atoms with E-state index in [1.54, 1.807) is 0 Å². The third kappa shape index (κ3) is 2.96. The molecule has 2 aromatic rings. The number of hydrogen-bond donors (Lipinski definition) is 0. The van der Waals surface area contributed by atoms with Gasteiger partial charge in [0.25, 0.3) is 0 Å². The number of benzene rings is 2. The first-order valence-electron chi connectivity index (χ1n) is 5.82. The molecule has 92 valence electrons. The van der Waals surface area contributed by atoms with Crippen molar-refractivity contribution >= 4 is 34.0 Å². The topological polar surface area (TPSA) is 24.7 Å². The summed E-state index contributed by atoms with van der Waals surface area (Å²) in [7, 11) is 0. The molecule has 0 aliphatic rings. The van der Waals surface area contributed by atoms with E-state index in [-0.39, 0.29) is 0 Å². The normalized spacial score (nSPS) is 11.1. The lowest BCUT2D eigenvalue weighted by molar-refractivity contribution is 1.18. The van der Waals surface area contributed by atoms with E-state index >= 15 is 0 Å². The van der Waals surface area contributed by atoms with Crippen molar-refractivity contribution in [1.82, 2.24) is 0 Å². The maximum Gasteiger partial charge on any atom is 0.102 e. The highest BCUT2D eigenvalue weighted by Gasteiger charge is 2.04. The van der Waals surface area contributed by atoms with Crippen LogP contribution in [0.3, 0.4) is 0 Å². The average Bonchev–Trinajstić information content (AvgIpc) is 2.30. The zero-order chi connectivity index (χ0) is 13.1. The Morgan fingerprint density at radius 3 is 2.28 bits per heavy atom. The Morgan fingerprint density at radius 1 is 0.889 bits per heavy atom. The van der Waals surface area contributed by atoms with Crippen LogP contribution in [0.25, 0.3) is 0 Å². The fraction of sp³-hybridized carbons (Fsp3) is 0.200. The molecule has 0 aromatic heterocycles. The van der Waals surface area contributed by atoms with Crippen molar-refractivity contribution in [2.75, 3.05) is 0 Å². The van der Waals surface area contributed by atoms with Gasteiger partial charge in [-0.15, -0.1) is 5.11 Å². The van der Waals surface area contributed by atoms with Crippen LogP contribution < -0.4 is 0 Å². The van der Waals surface area contributed by atoms with Crippen LogP contribution in [0, 0.1) is 24.3 Å². The van der Waals surface area contributed by atoms with Gasteiger partial charge in [-0.2, -0.15) is 5.11 Å². The molecule has 0 spiro atoms. The van der Waals surface area contributed by atoms with Crippen molar-refractivity contribution in [2.24, 2.45) is 10.2 Å². The highest BCUT2D eigenvalue weighted by Crippen LogP contribution is 2.29. The predicted octanol–water partition coefficient (Wildman–Crippen LogP) is 5.63. The van der Waals surface area contributed by atoms with Crippen molar-refractivity contribution in [1.29, 1.82) is 0 Å². The van der Waals surface area contributed by atoms with Crippen molar-refractivity contribution in [3.63, 3.8) is 0 Å². The van der Waals surface area contributed by atoms with E-state index in [1.807, 2.05) is 31.2 Å².